The molecule has 1 aliphatic carbocycles. The summed E-state index contributed by atoms with van der Waals surface area (Å²) < 4.78 is 4.78. The number of carbonyl (C=O) groups excluding carboxylic acids is 2. The summed E-state index contributed by atoms with van der Waals surface area (Å²) in [5.41, 5.74) is 2.83. The van der Waals surface area contributed by atoms with Gasteiger partial charge in [-0.1, -0.05) is 122 Å². The second kappa shape index (κ2) is 22.7. The van der Waals surface area contributed by atoms with Gasteiger partial charge in [-0.25, -0.2) is 0 Å². The van der Waals surface area contributed by atoms with E-state index in [2.05, 4.69) is 58.6 Å². The Balaban J connectivity index is 0. The lowest BCUT2D eigenvalue weighted by atomic mass is 9.92. The number of likely N-dealkylation sites (N-methyl/N-ethyl adjacent to an activating group) is 1. The zero-order chi connectivity index (χ0) is 29.7. The van der Waals surface area contributed by atoms with Crippen LogP contribution in [0, 0.1) is 24.7 Å². The molecule has 1 aromatic carbocycles. The van der Waals surface area contributed by atoms with Crippen LogP contribution in [0.4, 0.5) is 0 Å². The molecule has 1 heterocycles. The molecule has 218 valence electrons. The van der Waals surface area contributed by atoms with Crippen molar-refractivity contribution in [2.75, 3.05) is 13.6 Å². The van der Waals surface area contributed by atoms with Crippen LogP contribution in [0.25, 0.3) is 11.3 Å². The van der Waals surface area contributed by atoms with Crippen molar-refractivity contribution in [3.63, 3.8) is 0 Å². The molecule has 0 N–H and O–H groups in total. The van der Waals surface area contributed by atoms with Crippen LogP contribution in [0.3, 0.4) is 0 Å². The van der Waals surface area contributed by atoms with Crippen LogP contribution in [0.1, 0.15) is 117 Å². The normalized spacial score (nSPS) is 13.9. The van der Waals surface area contributed by atoms with Gasteiger partial charge in [0.15, 0.2) is 12.0 Å². The maximum Gasteiger partial charge on any atom is 0.199 e. The lowest BCUT2D eigenvalue weighted by Gasteiger charge is -2.28. The summed E-state index contributed by atoms with van der Waals surface area (Å²) in [5, 5.41) is 3.78. The second-order valence-electron chi connectivity index (χ2n) is 10.8. The highest BCUT2D eigenvalue weighted by Gasteiger charge is 2.24. The molecular weight excluding hydrogens is 472 g/mol. The van der Waals surface area contributed by atoms with E-state index in [0.717, 1.165) is 29.9 Å². The number of aryl methyl sites for hydroxylation is 1. The monoisotopic (exact) mass is 530 g/mol. The summed E-state index contributed by atoms with van der Waals surface area (Å²) >= 11 is 0. The maximum absolute atomic E-state index is 11.2. The highest BCUT2D eigenvalue weighted by molar-refractivity contribution is 5.80. The number of aromatic nitrogens is 1. The van der Waals surface area contributed by atoms with E-state index in [4.69, 9.17) is 4.52 Å². The van der Waals surface area contributed by atoms with Crippen molar-refractivity contribution < 1.29 is 14.1 Å². The predicted molar refractivity (Wildman–Crippen MR) is 164 cm³/mol. The fraction of sp³-hybridized carbons (Fsp3) is 0.667. The second-order valence-corrected chi connectivity index (χ2v) is 10.8. The minimum absolute atomic E-state index is 0.0776. The first-order valence-electron chi connectivity index (χ1n) is 14.7. The smallest absolute Gasteiger partial charge is 0.199 e. The maximum atomic E-state index is 11.2. The summed E-state index contributed by atoms with van der Waals surface area (Å²) in [4.78, 5) is 23.8. The molecule has 1 aromatic heterocycles. The van der Waals surface area contributed by atoms with Crippen molar-refractivity contribution >= 4 is 12.1 Å². The molecular formula is C33H58N2O3. The molecule has 38 heavy (non-hydrogen) atoms. The van der Waals surface area contributed by atoms with E-state index in [0.29, 0.717) is 12.0 Å². The molecule has 0 aliphatic heterocycles. The van der Waals surface area contributed by atoms with Gasteiger partial charge in [-0.2, -0.15) is 0 Å². The van der Waals surface area contributed by atoms with Crippen molar-refractivity contribution in [2.45, 2.75) is 114 Å². The number of nitrogens with zero attached hydrogens (tertiary/aromatic N) is 2. The first-order chi connectivity index (χ1) is 18.0. The van der Waals surface area contributed by atoms with E-state index in [1.165, 1.54) is 37.7 Å². The minimum atomic E-state index is 0.0776. The lowest BCUT2D eigenvalue weighted by Crippen LogP contribution is -2.38. The molecule has 0 saturated heterocycles. The zero-order valence-electron chi connectivity index (χ0n) is 26.6. The average molecular weight is 531 g/mol. The molecule has 2 unspecified atom stereocenters. The molecule has 0 radical (unpaired) electrons. The van der Waals surface area contributed by atoms with E-state index in [1.54, 1.807) is 13.0 Å². The minimum Gasteiger partial charge on any atom is -0.353 e. The van der Waals surface area contributed by atoms with Crippen LogP contribution in [-0.4, -0.2) is 41.8 Å². The van der Waals surface area contributed by atoms with Gasteiger partial charge in [0, 0.05) is 18.2 Å². The van der Waals surface area contributed by atoms with Crippen molar-refractivity contribution in [1.82, 2.24) is 10.1 Å². The van der Waals surface area contributed by atoms with Gasteiger partial charge < -0.3 is 4.52 Å². The van der Waals surface area contributed by atoms with Gasteiger partial charge in [0.1, 0.15) is 11.5 Å². The molecule has 0 amide bonds. The largest absolute Gasteiger partial charge is 0.353 e. The highest BCUT2D eigenvalue weighted by Crippen LogP contribution is 2.31. The number of Topliss-reactive ketones (excluding diaryl/α,β-unsaturated/α-hetero) is 1. The van der Waals surface area contributed by atoms with Gasteiger partial charge in [-0.3, -0.25) is 14.5 Å². The van der Waals surface area contributed by atoms with E-state index in [1.807, 2.05) is 52.0 Å². The summed E-state index contributed by atoms with van der Waals surface area (Å²) in [5.74, 6) is 2.99. The number of hydrogen-bond donors (Lipinski definition) is 0. The van der Waals surface area contributed by atoms with E-state index in [9.17, 15) is 9.59 Å². The summed E-state index contributed by atoms with van der Waals surface area (Å²) in [6.07, 6.45) is 7.49. The fourth-order valence-electron chi connectivity index (χ4n) is 3.80. The third-order valence-electron chi connectivity index (χ3n) is 6.02. The Labute approximate surface area is 234 Å². The van der Waals surface area contributed by atoms with Gasteiger partial charge in [-0.15, -0.1) is 0 Å². The van der Waals surface area contributed by atoms with Crippen molar-refractivity contribution in [3.8, 4) is 11.3 Å². The number of rotatable bonds is 7. The topological polar surface area (TPSA) is 63.4 Å². The Morgan fingerprint density at radius 2 is 1.53 bits per heavy atom. The molecule has 2 atom stereocenters. The van der Waals surface area contributed by atoms with Crippen molar-refractivity contribution in [1.29, 1.82) is 0 Å². The Morgan fingerprint density at radius 1 is 1.05 bits per heavy atom. The van der Waals surface area contributed by atoms with Crippen molar-refractivity contribution in [2.24, 2.45) is 17.8 Å². The van der Waals surface area contributed by atoms with Crippen LogP contribution in [-0.2, 0) is 4.79 Å². The molecule has 3 rings (SSSR count). The number of hydrogen-bond acceptors (Lipinski definition) is 5. The first-order valence-corrected chi connectivity index (χ1v) is 14.7. The van der Waals surface area contributed by atoms with Crippen LogP contribution in [0.2, 0.25) is 0 Å². The molecule has 0 spiro atoms. The van der Waals surface area contributed by atoms with Gasteiger partial charge in [0.05, 0.1) is 6.04 Å². The summed E-state index contributed by atoms with van der Waals surface area (Å²) in [7, 11) is 2.07. The Morgan fingerprint density at radius 3 is 1.92 bits per heavy atom. The van der Waals surface area contributed by atoms with Crippen molar-refractivity contribution in [3.05, 3.63) is 41.7 Å². The third-order valence-corrected chi connectivity index (χ3v) is 6.02. The Hall–Kier alpha value is -2.27. The molecule has 5 nitrogen and oxygen atoms in total. The highest BCUT2D eigenvalue weighted by atomic mass is 16.5. The molecule has 0 bridgehead atoms. The van der Waals surface area contributed by atoms with Gasteiger partial charge in [-0.05, 0) is 45.6 Å². The SMILES string of the molecule is CC.CC(=O)C(C)N(C)CC(C)C1CCCC1.CC(C)C.CCC.Cc1ccc(-c2cc(C=O)on2)cc1. The zero-order valence-corrected chi connectivity index (χ0v) is 26.6. The number of ketones is 1. The first kappa shape index (κ1) is 37.9. The summed E-state index contributed by atoms with van der Waals surface area (Å²) in [6.45, 7) is 23.8. The third kappa shape index (κ3) is 17.3. The van der Waals surface area contributed by atoms with Crippen LogP contribution in [0.15, 0.2) is 34.9 Å². The Bertz CT molecular complexity index is 833. The average Bonchev–Trinajstić information content (AvgIpc) is 3.58. The number of benzene rings is 1. The predicted octanol–water partition coefficient (Wildman–Crippen LogP) is 9.29. The molecule has 1 aliphatic rings. The van der Waals surface area contributed by atoms with Crippen LogP contribution < -0.4 is 0 Å². The number of carbonyl (C=O) groups is 2. The van der Waals surface area contributed by atoms with E-state index < -0.39 is 0 Å². The summed E-state index contributed by atoms with van der Waals surface area (Å²) in [6, 6.07) is 9.57. The quantitative estimate of drug-likeness (QED) is 0.334. The number of aldehydes is 1. The lowest BCUT2D eigenvalue weighted by molar-refractivity contribution is -0.121. The molecule has 2 aromatic rings. The Kier molecular flexibility index (Phi) is 22.6. The van der Waals surface area contributed by atoms with Gasteiger partial charge in [0.2, 0.25) is 0 Å². The van der Waals surface area contributed by atoms with Crippen LogP contribution in [0.5, 0.6) is 0 Å². The van der Waals surface area contributed by atoms with Gasteiger partial charge in [0.25, 0.3) is 0 Å². The molecule has 1 saturated carbocycles. The standard InChI is InChI=1S/C13H25NO.C11H9NO2.C4H10.C3H8.C2H6/c1-10(13-7-5-6-8-13)9-14(4)11(2)12(3)15;1-8-2-4-9(5-3-8)11-6-10(7-13)14-12-11;1-4(2)3;1-3-2;1-2/h10-11,13H,5-9H2,1-4H3;2-7H,1H3;4H,1-3H3;3H2,1-2H3;1-2H3. The van der Waals surface area contributed by atoms with Crippen LogP contribution >= 0.6 is 0 Å². The molecule has 5 heteroatoms. The molecule has 1 fully saturated rings. The van der Waals surface area contributed by atoms with Gasteiger partial charge >= 0.3 is 0 Å². The fourth-order valence-corrected chi connectivity index (χ4v) is 3.80. The van der Waals surface area contributed by atoms with E-state index >= 15 is 0 Å². The van der Waals surface area contributed by atoms with E-state index in [-0.39, 0.29) is 17.6 Å².